The average molecular weight is 349 g/mol. The lowest BCUT2D eigenvalue weighted by Crippen LogP contribution is -2.23. The standard InChI is InChI=1S/C22H23NO3/c1-22(2,25)11-10-16-5-3-6-19(13-16)21(24)23-15-17-8-9-20-18(14-17)7-4-12-26-20/h3,5-6,8-9,13-14,25H,4,7,12,15H2,1-2H3,(H,23,24). The summed E-state index contributed by atoms with van der Waals surface area (Å²) in [5.74, 6) is 6.45. The molecule has 0 aromatic heterocycles. The minimum absolute atomic E-state index is 0.147. The van der Waals surface area contributed by atoms with Crippen molar-refractivity contribution in [1.29, 1.82) is 0 Å². The Kier molecular flexibility index (Phi) is 5.29. The van der Waals surface area contributed by atoms with Crippen LogP contribution >= 0.6 is 0 Å². The van der Waals surface area contributed by atoms with Crippen LogP contribution in [0.4, 0.5) is 0 Å². The first-order valence-corrected chi connectivity index (χ1v) is 8.79. The Hall–Kier alpha value is -2.77. The molecule has 0 bridgehead atoms. The van der Waals surface area contributed by atoms with Crippen LogP contribution in [0.25, 0.3) is 0 Å². The number of benzene rings is 2. The van der Waals surface area contributed by atoms with Gasteiger partial charge in [0.1, 0.15) is 11.4 Å². The predicted molar refractivity (Wildman–Crippen MR) is 101 cm³/mol. The van der Waals surface area contributed by atoms with Crippen LogP contribution in [-0.4, -0.2) is 23.2 Å². The summed E-state index contributed by atoms with van der Waals surface area (Å²) in [6.07, 6.45) is 2.04. The van der Waals surface area contributed by atoms with Crippen molar-refractivity contribution < 1.29 is 14.6 Å². The average Bonchev–Trinajstić information content (AvgIpc) is 2.64. The molecule has 0 radical (unpaired) electrons. The van der Waals surface area contributed by atoms with Crippen molar-refractivity contribution in [1.82, 2.24) is 5.32 Å². The summed E-state index contributed by atoms with van der Waals surface area (Å²) >= 11 is 0. The van der Waals surface area contributed by atoms with E-state index in [2.05, 4.69) is 23.2 Å². The number of rotatable bonds is 3. The summed E-state index contributed by atoms with van der Waals surface area (Å²) in [5.41, 5.74) is 2.45. The van der Waals surface area contributed by atoms with Crippen molar-refractivity contribution >= 4 is 5.91 Å². The van der Waals surface area contributed by atoms with Crippen LogP contribution in [-0.2, 0) is 13.0 Å². The van der Waals surface area contributed by atoms with Gasteiger partial charge < -0.3 is 15.2 Å². The van der Waals surface area contributed by atoms with Gasteiger partial charge in [-0.05, 0) is 62.1 Å². The highest BCUT2D eigenvalue weighted by Crippen LogP contribution is 2.25. The molecule has 0 fully saturated rings. The van der Waals surface area contributed by atoms with Crippen LogP contribution in [0, 0.1) is 11.8 Å². The summed E-state index contributed by atoms with van der Waals surface area (Å²) in [4.78, 5) is 12.4. The van der Waals surface area contributed by atoms with Crippen LogP contribution < -0.4 is 10.1 Å². The first kappa shape index (κ1) is 18.0. The zero-order valence-electron chi connectivity index (χ0n) is 15.1. The number of nitrogens with one attached hydrogen (secondary N) is 1. The van der Waals surface area contributed by atoms with E-state index in [1.165, 1.54) is 5.56 Å². The number of fused-ring (bicyclic) bond motifs is 1. The van der Waals surface area contributed by atoms with E-state index in [9.17, 15) is 9.90 Å². The van der Waals surface area contributed by atoms with Crippen LogP contribution in [0.2, 0.25) is 0 Å². The summed E-state index contributed by atoms with van der Waals surface area (Å²) in [6, 6.07) is 13.1. The lowest BCUT2D eigenvalue weighted by atomic mass is 10.0. The number of hydrogen-bond donors (Lipinski definition) is 2. The Bertz CT molecular complexity index is 869. The van der Waals surface area contributed by atoms with Crippen LogP contribution in [0.15, 0.2) is 42.5 Å². The molecule has 2 aromatic carbocycles. The number of aryl methyl sites for hydroxylation is 1. The van der Waals surface area contributed by atoms with Gasteiger partial charge in [-0.2, -0.15) is 0 Å². The fourth-order valence-corrected chi connectivity index (χ4v) is 2.77. The number of ether oxygens (including phenoxy) is 1. The second kappa shape index (κ2) is 7.63. The van der Waals surface area contributed by atoms with Gasteiger partial charge in [0.2, 0.25) is 0 Å². The molecule has 4 nitrogen and oxygen atoms in total. The van der Waals surface area contributed by atoms with Gasteiger partial charge in [-0.25, -0.2) is 0 Å². The molecular weight excluding hydrogens is 326 g/mol. The van der Waals surface area contributed by atoms with Crippen LogP contribution in [0.5, 0.6) is 5.75 Å². The minimum Gasteiger partial charge on any atom is -0.493 e. The van der Waals surface area contributed by atoms with Crippen molar-refractivity contribution in [3.05, 3.63) is 64.7 Å². The van der Waals surface area contributed by atoms with Crippen molar-refractivity contribution in [2.75, 3.05) is 6.61 Å². The van der Waals surface area contributed by atoms with E-state index >= 15 is 0 Å². The smallest absolute Gasteiger partial charge is 0.251 e. The van der Waals surface area contributed by atoms with E-state index in [1.807, 2.05) is 18.2 Å². The van der Waals surface area contributed by atoms with E-state index in [0.29, 0.717) is 17.7 Å². The van der Waals surface area contributed by atoms with E-state index in [-0.39, 0.29) is 5.91 Å². The second-order valence-electron chi connectivity index (χ2n) is 6.97. The maximum Gasteiger partial charge on any atom is 0.251 e. The molecule has 1 aliphatic heterocycles. The zero-order valence-corrected chi connectivity index (χ0v) is 15.1. The van der Waals surface area contributed by atoms with Gasteiger partial charge in [-0.3, -0.25) is 4.79 Å². The van der Waals surface area contributed by atoms with Crippen molar-refractivity contribution in [3.8, 4) is 17.6 Å². The van der Waals surface area contributed by atoms with Gasteiger partial charge in [-0.1, -0.05) is 30.0 Å². The molecule has 2 N–H and O–H groups in total. The van der Waals surface area contributed by atoms with Gasteiger partial charge in [0.05, 0.1) is 6.61 Å². The second-order valence-corrected chi connectivity index (χ2v) is 6.97. The SMILES string of the molecule is CC(C)(O)C#Cc1cccc(C(=O)NCc2ccc3c(c2)CCCO3)c1. The van der Waals surface area contributed by atoms with Gasteiger partial charge in [0, 0.05) is 17.7 Å². The van der Waals surface area contributed by atoms with E-state index in [4.69, 9.17) is 4.74 Å². The summed E-state index contributed by atoms with van der Waals surface area (Å²) in [7, 11) is 0. The Morgan fingerprint density at radius 1 is 1.27 bits per heavy atom. The highest BCUT2D eigenvalue weighted by molar-refractivity contribution is 5.94. The van der Waals surface area contributed by atoms with Gasteiger partial charge in [0.25, 0.3) is 5.91 Å². The number of hydrogen-bond acceptors (Lipinski definition) is 3. The first-order valence-electron chi connectivity index (χ1n) is 8.79. The molecule has 4 heteroatoms. The normalized spacial score (nSPS) is 13.0. The summed E-state index contributed by atoms with van der Waals surface area (Å²) < 4.78 is 5.62. The molecular formula is C22H23NO3. The van der Waals surface area contributed by atoms with E-state index in [1.54, 1.807) is 32.0 Å². The highest BCUT2D eigenvalue weighted by Gasteiger charge is 2.12. The highest BCUT2D eigenvalue weighted by atomic mass is 16.5. The van der Waals surface area contributed by atoms with Crippen molar-refractivity contribution in [2.24, 2.45) is 0 Å². The molecule has 0 unspecified atom stereocenters. The maximum atomic E-state index is 12.4. The number of amides is 1. The van der Waals surface area contributed by atoms with E-state index in [0.717, 1.165) is 30.8 Å². The molecule has 0 atom stereocenters. The lowest BCUT2D eigenvalue weighted by molar-refractivity contribution is 0.0951. The Morgan fingerprint density at radius 3 is 2.92 bits per heavy atom. The minimum atomic E-state index is -1.06. The first-order chi connectivity index (χ1) is 12.4. The van der Waals surface area contributed by atoms with Gasteiger partial charge in [-0.15, -0.1) is 0 Å². The number of aliphatic hydroxyl groups is 1. The Morgan fingerprint density at radius 2 is 2.12 bits per heavy atom. The molecule has 0 saturated heterocycles. The summed E-state index contributed by atoms with van der Waals surface area (Å²) in [6.45, 7) is 4.49. The number of carbonyl (C=O) groups excluding carboxylic acids is 1. The number of carbonyl (C=O) groups is 1. The molecule has 1 heterocycles. The van der Waals surface area contributed by atoms with E-state index < -0.39 is 5.60 Å². The van der Waals surface area contributed by atoms with Crippen molar-refractivity contribution in [3.63, 3.8) is 0 Å². The van der Waals surface area contributed by atoms with Gasteiger partial charge in [0.15, 0.2) is 0 Å². The Labute approximate surface area is 154 Å². The molecule has 0 spiro atoms. The predicted octanol–water partition coefficient (Wildman–Crippen LogP) is 3.06. The fourth-order valence-electron chi connectivity index (χ4n) is 2.77. The molecule has 3 rings (SSSR count). The molecule has 0 saturated carbocycles. The third-order valence-electron chi connectivity index (χ3n) is 4.06. The van der Waals surface area contributed by atoms with Gasteiger partial charge >= 0.3 is 0 Å². The lowest BCUT2D eigenvalue weighted by Gasteiger charge is -2.18. The van der Waals surface area contributed by atoms with Crippen molar-refractivity contribution in [2.45, 2.75) is 38.8 Å². The monoisotopic (exact) mass is 349 g/mol. The zero-order chi connectivity index (χ0) is 18.6. The molecule has 2 aromatic rings. The van der Waals surface area contributed by atoms with Crippen LogP contribution in [0.1, 0.15) is 47.3 Å². The fraction of sp³-hybridized carbons (Fsp3) is 0.318. The summed E-state index contributed by atoms with van der Waals surface area (Å²) in [5, 5.41) is 12.6. The third-order valence-corrected chi connectivity index (χ3v) is 4.06. The molecule has 1 amide bonds. The topological polar surface area (TPSA) is 58.6 Å². The largest absolute Gasteiger partial charge is 0.493 e. The molecule has 0 aliphatic carbocycles. The third kappa shape index (κ3) is 4.87. The molecule has 26 heavy (non-hydrogen) atoms. The Balaban J connectivity index is 1.66. The quantitative estimate of drug-likeness (QED) is 0.838. The molecule has 134 valence electrons. The maximum absolute atomic E-state index is 12.4. The van der Waals surface area contributed by atoms with Crippen LogP contribution in [0.3, 0.4) is 0 Å². The molecule has 1 aliphatic rings.